The van der Waals surface area contributed by atoms with Gasteiger partial charge in [-0.1, -0.05) is 60.7 Å². The molecule has 2 rings (SSSR count). The zero-order valence-electron chi connectivity index (χ0n) is 14.5. The number of hydrogen-bond donors (Lipinski definition) is 0. The topological polar surface area (TPSA) is 0 Å². The second-order valence-electron chi connectivity index (χ2n) is 7.61. The average Bonchev–Trinajstić information content (AvgIpc) is 2.47. The second kappa shape index (κ2) is 7.08. The van der Waals surface area contributed by atoms with Gasteiger partial charge in [0.1, 0.15) is 26.2 Å². The first-order valence-electron chi connectivity index (χ1n) is 8.08. The smallest absolute Gasteiger partial charge is 0.128 e. The highest BCUT2D eigenvalue weighted by Gasteiger charge is 2.23. The van der Waals surface area contributed by atoms with Crippen molar-refractivity contribution >= 4 is 0 Å². The molecule has 0 unspecified atom stereocenters. The summed E-state index contributed by atoms with van der Waals surface area (Å²) in [6, 6.07) is 21.6. The van der Waals surface area contributed by atoms with Crippen LogP contribution in [0, 0.1) is 0 Å². The van der Waals surface area contributed by atoms with E-state index in [9.17, 15) is 0 Å². The van der Waals surface area contributed by atoms with Gasteiger partial charge in [0.2, 0.25) is 0 Å². The highest BCUT2D eigenvalue weighted by molar-refractivity contribution is 5.14. The van der Waals surface area contributed by atoms with Crippen molar-refractivity contribution in [1.82, 2.24) is 0 Å². The van der Waals surface area contributed by atoms with E-state index in [-0.39, 0.29) is 0 Å². The molecule has 0 atom stereocenters. The maximum Gasteiger partial charge on any atom is 0.128 e. The predicted molar refractivity (Wildman–Crippen MR) is 94.2 cm³/mol. The third kappa shape index (κ3) is 5.63. The number of benzene rings is 2. The molecule has 2 nitrogen and oxygen atoms in total. The summed E-state index contributed by atoms with van der Waals surface area (Å²) in [5.41, 5.74) is 2.83. The van der Waals surface area contributed by atoms with E-state index in [1.54, 1.807) is 0 Å². The minimum Gasteiger partial charge on any atom is -0.320 e. The summed E-state index contributed by atoms with van der Waals surface area (Å²) in [5.74, 6) is 0. The molecular formula is C20H30N2+2. The van der Waals surface area contributed by atoms with Crippen molar-refractivity contribution in [2.45, 2.75) is 13.1 Å². The molecule has 0 spiro atoms. The highest BCUT2D eigenvalue weighted by Crippen LogP contribution is 2.13. The van der Waals surface area contributed by atoms with Gasteiger partial charge in [-0.15, -0.1) is 0 Å². The molecule has 0 bridgehead atoms. The molecule has 0 N–H and O–H groups in total. The maximum absolute atomic E-state index is 2.33. The lowest BCUT2D eigenvalue weighted by Crippen LogP contribution is -2.49. The summed E-state index contributed by atoms with van der Waals surface area (Å²) in [6.45, 7) is 4.53. The first-order chi connectivity index (χ1) is 10.4. The maximum atomic E-state index is 2.33. The summed E-state index contributed by atoms with van der Waals surface area (Å²) >= 11 is 0. The molecular weight excluding hydrogens is 268 g/mol. The normalized spacial score (nSPS) is 12.4. The minimum atomic E-state index is 1.03. The Bertz CT molecular complexity index is 505. The van der Waals surface area contributed by atoms with Crippen LogP contribution >= 0.6 is 0 Å². The Kier molecular flexibility index (Phi) is 5.38. The quantitative estimate of drug-likeness (QED) is 0.686. The van der Waals surface area contributed by atoms with Crippen molar-refractivity contribution in [3.8, 4) is 0 Å². The summed E-state index contributed by atoms with van der Waals surface area (Å²) in [6.07, 6.45) is 0. The number of hydrogen-bond acceptors (Lipinski definition) is 0. The van der Waals surface area contributed by atoms with Crippen LogP contribution in [0.4, 0.5) is 0 Å². The van der Waals surface area contributed by atoms with Gasteiger partial charge in [0.05, 0.1) is 28.2 Å². The number of rotatable bonds is 7. The van der Waals surface area contributed by atoms with Crippen LogP contribution in [0.2, 0.25) is 0 Å². The van der Waals surface area contributed by atoms with Crippen molar-refractivity contribution in [2.24, 2.45) is 0 Å². The van der Waals surface area contributed by atoms with Gasteiger partial charge in [-0.3, -0.25) is 0 Å². The van der Waals surface area contributed by atoms with Gasteiger partial charge in [0.25, 0.3) is 0 Å². The van der Waals surface area contributed by atoms with Gasteiger partial charge >= 0.3 is 0 Å². The summed E-state index contributed by atoms with van der Waals surface area (Å²) in [4.78, 5) is 0. The summed E-state index contributed by atoms with van der Waals surface area (Å²) < 4.78 is 2.06. The summed E-state index contributed by atoms with van der Waals surface area (Å²) in [5, 5.41) is 0. The molecule has 0 aliphatic carbocycles. The first kappa shape index (κ1) is 16.7. The SMILES string of the molecule is C[N+](C)(CC[N+](C)(C)Cc1ccccc1)Cc1ccccc1. The van der Waals surface area contributed by atoms with Gasteiger partial charge in [-0.25, -0.2) is 0 Å². The van der Waals surface area contributed by atoms with E-state index < -0.39 is 0 Å². The molecule has 0 heterocycles. The molecule has 0 aromatic heterocycles. The van der Waals surface area contributed by atoms with Crippen LogP contribution in [0.25, 0.3) is 0 Å². The molecule has 2 aromatic rings. The molecule has 2 heteroatoms. The van der Waals surface area contributed by atoms with E-state index in [4.69, 9.17) is 0 Å². The first-order valence-corrected chi connectivity index (χ1v) is 8.08. The van der Waals surface area contributed by atoms with Gasteiger partial charge in [-0.05, 0) is 0 Å². The van der Waals surface area contributed by atoms with Crippen molar-refractivity contribution in [3.63, 3.8) is 0 Å². The third-order valence-electron chi connectivity index (χ3n) is 4.22. The van der Waals surface area contributed by atoms with Crippen LogP contribution in [-0.2, 0) is 13.1 Å². The van der Waals surface area contributed by atoms with E-state index in [0.717, 1.165) is 22.1 Å². The Morgan fingerprint density at radius 1 is 0.545 bits per heavy atom. The van der Waals surface area contributed by atoms with Crippen LogP contribution in [0.3, 0.4) is 0 Å². The zero-order valence-corrected chi connectivity index (χ0v) is 14.5. The molecule has 2 aromatic carbocycles. The molecule has 0 radical (unpaired) electrons. The van der Waals surface area contributed by atoms with Crippen LogP contribution in [0.5, 0.6) is 0 Å². The average molecular weight is 298 g/mol. The van der Waals surface area contributed by atoms with E-state index in [1.165, 1.54) is 24.2 Å². The number of likely N-dealkylation sites (N-methyl/N-ethyl adjacent to an activating group) is 2. The largest absolute Gasteiger partial charge is 0.320 e. The molecule has 118 valence electrons. The van der Waals surface area contributed by atoms with Gasteiger partial charge in [0, 0.05) is 11.1 Å². The van der Waals surface area contributed by atoms with Crippen molar-refractivity contribution in [2.75, 3.05) is 41.3 Å². The minimum absolute atomic E-state index is 1.03. The van der Waals surface area contributed by atoms with Crippen LogP contribution in [-0.4, -0.2) is 50.2 Å². The third-order valence-corrected chi connectivity index (χ3v) is 4.22. The zero-order chi connectivity index (χ0) is 16.1. The van der Waals surface area contributed by atoms with E-state index >= 15 is 0 Å². The fraction of sp³-hybridized carbons (Fsp3) is 0.400. The fourth-order valence-corrected chi connectivity index (χ4v) is 2.85. The van der Waals surface area contributed by atoms with Crippen LogP contribution < -0.4 is 0 Å². The Labute approximate surface area is 135 Å². The van der Waals surface area contributed by atoms with E-state index in [2.05, 4.69) is 88.9 Å². The monoisotopic (exact) mass is 298 g/mol. The van der Waals surface area contributed by atoms with Gasteiger partial charge in [-0.2, -0.15) is 0 Å². The van der Waals surface area contributed by atoms with Crippen LogP contribution in [0.1, 0.15) is 11.1 Å². The van der Waals surface area contributed by atoms with E-state index in [1.807, 2.05) is 0 Å². The Balaban J connectivity index is 1.89. The molecule has 22 heavy (non-hydrogen) atoms. The standard InChI is InChI=1S/C20H30N2/c1-21(2,17-19-11-7-5-8-12-19)15-16-22(3,4)18-20-13-9-6-10-14-20/h5-14H,15-18H2,1-4H3/q+2. The Hall–Kier alpha value is -1.64. The molecule has 0 amide bonds. The van der Waals surface area contributed by atoms with E-state index in [0.29, 0.717) is 0 Å². The lowest BCUT2D eigenvalue weighted by atomic mass is 10.2. The highest BCUT2D eigenvalue weighted by atomic mass is 15.4. The molecule has 0 aliphatic rings. The van der Waals surface area contributed by atoms with Gasteiger partial charge < -0.3 is 8.97 Å². The molecule has 0 saturated carbocycles. The summed E-state index contributed by atoms with van der Waals surface area (Å²) in [7, 11) is 9.32. The van der Waals surface area contributed by atoms with Crippen molar-refractivity contribution in [1.29, 1.82) is 0 Å². The number of nitrogens with zero attached hydrogens (tertiary/aromatic N) is 2. The van der Waals surface area contributed by atoms with Crippen molar-refractivity contribution in [3.05, 3.63) is 71.8 Å². The van der Waals surface area contributed by atoms with Crippen molar-refractivity contribution < 1.29 is 8.97 Å². The second-order valence-corrected chi connectivity index (χ2v) is 7.61. The molecule has 0 saturated heterocycles. The predicted octanol–water partition coefficient (Wildman–Crippen LogP) is 3.54. The number of quaternary nitrogens is 2. The molecule has 0 aliphatic heterocycles. The van der Waals surface area contributed by atoms with Crippen LogP contribution in [0.15, 0.2) is 60.7 Å². The molecule has 0 fully saturated rings. The van der Waals surface area contributed by atoms with Gasteiger partial charge in [0.15, 0.2) is 0 Å². The Morgan fingerprint density at radius 3 is 1.18 bits per heavy atom. The lowest BCUT2D eigenvalue weighted by molar-refractivity contribution is -0.958. The lowest BCUT2D eigenvalue weighted by Gasteiger charge is -2.35. The fourth-order valence-electron chi connectivity index (χ4n) is 2.85. The Morgan fingerprint density at radius 2 is 0.864 bits per heavy atom.